The summed E-state index contributed by atoms with van der Waals surface area (Å²) >= 11 is 0. The maximum absolute atomic E-state index is 10.6. The highest BCUT2D eigenvalue weighted by Crippen LogP contribution is 2.10. The number of nitrogens with zero attached hydrogens (tertiary/aromatic N) is 1. The summed E-state index contributed by atoms with van der Waals surface area (Å²) in [5.74, 6) is -0.686. The van der Waals surface area contributed by atoms with E-state index >= 15 is 0 Å². The minimum Gasteiger partial charge on any atom is -0.480 e. The fourth-order valence-electron chi connectivity index (χ4n) is 1.27. The lowest BCUT2D eigenvalue weighted by molar-refractivity contribution is -0.138. The Morgan fingerprint density at radius 3 is 2.53 bits per heavy atom. The van der Waals surface area contributed by atoms with Gasteiger partial charge in [0, 0.05) is 12.7 Å². The Labute approximate surface area is 99.3 Å². The van der Waals surface area contributed by atoms with Gasteiger partial charge in [0.25, 0.3) is 0 Å². The number of rotatable bonds is 4. The zero-order chi connectivity index (χ0) is 12.8. The van der Waals surface area contributed by atoms with Crippen LogP contribution >= 0.6 is 0 Å². The van der Waals surface area contributed by atoms with Gasteiger partial charge in [0.15, 0.2) is 5.96 Å². The highest BCUT2D eigenvalue weighted by Gasteiger charge is 2.11. The lowest BCUT2D eigenvalue weighted by Crippen LogP contribution is -2.32. The predicted octanol–water partition coefficient (Wildman–Crippen LogP) is -0.00260. The van der Waals surface area contributed by atoms with Crippen molar-refractivity contribution in [3.63, 3.8) is 0 Å². The van der Waals surface area contributed by atoms with Crippen molar-refractivity contribution in [2.45, 2.75) is 12.5 Å². The van der Waals surface area contributed by atoms with Crippen molar-refractivity contribution in [3.8, 4) is 0 Å². The maximum atomic E-state index is 10.6. The second kappa shape index (κ2) is 5.86. The number of hydrogen-bond donors (Lipinski definition) is 4. The predicted molar refractivity (Wildman–Crippen MR) is 66.9 cm³/mol. The summed E-state index contributed by atoms with van der Waals surface area (Å²) in [7, 11) is 1.59. The van der Waals surface area contributed by atoms with E-state index in [0.717, 1.165) is 11.3 Å². The van der Waals surface area contributed by atoms with Crippen LogP contribution in [0, 0.1) is 0 Å². The van der Waals surface area contributed by atoms with E-state index in [1.54, 1.807) is 31.3 Å². The van der Waals surface area contributed by atoms with Gasteiger partial charge >= 0.3 is 5.97 Å². The summed E-state index contributed by atoms with van der Waals surface area (Å²) in [5.41, 5.74) is 12.6. The van der Waals surface area contributed by atoms with E-state index in [1.807, 2.05) is 0 Å². The number of benzene rings is 1. The summed E-state index contributed by atoms with van der Waals surface area (Å²) in [5, 5.41) is 11.6. The van der Waals surface area contributed by atoms with Crippen LogP contribution in [-0.2, 0) is 11.2 Å². The molecule has 6 N–H and O–H groups in total. The number of anilines is 1. The number of carboxylic acid groups (broad SMARTS) is 1. The third-order valence-corrected chi connectivity index (χ3v) is 2.24. The second-order valence-corrected chi connectivity index (χ2v) is 3.58. The van der Waals surface area contributed by atoms with Crippen LogP contribution in [0.25, 0.3) is 0 Å². The first kappa shape index (κ1) is 13.0. The molecule has 0 bridgehead atoms. The van der Waals surface area contributed by atoms with Crippen molar-refractivity contribution in [1.82, 2.24) is 0 Å². The fourth-order valence-corrected chi connectivity index (χ4v) is 1.27. The van der Waals surface area contributed by atoms with Gasteiger partial charge < -0.3 is 21.9 Å². The lowest BCUT2D eigenvalue weighted by Gasteiger charge is -2.08. The van der Waals surface area contributed by atoms with Crippen molar-refractivity contribution < 1.29 is 9.90 Å². The van der Waals surface area contributed by atoms with Crippen molar-refractivity contribution in [1.29, 1.82) is 0 Å². The van der Waals surface area contributed by atoms with E-state index in [9.17, 15) is 4.79 Å². The highest BCUT2D eigenvalue weighted by molar-refractivity contribution is 5.92. The molecule has 0 amide bonds. The standard InChI is InChI=1S/C11H16N4O2/c1-14-11(13)15-8-4-2-7(3-5-8)6-9(12)10(16)17/h2-5,9H,6,12H2,1H3,(H,16,17)(H3,13,14,15). The molecule has 1 unspecified atom stereocenters. The molecular formula is C11H16N4O2. The van der Waals surface area contributed by atoms with Crippen LogP contribution < -0.4 is 16.8 Å². The van der Waals surface area contributed by atoms with E-state index in [4.69, 9.17) is 16.6 Å². The molecule has 0 heterocycles. The lowest BCUT2D eigenvalue weighted by atomic mass is 10.1. The zero-order valence-corrected chi connectivity index (χ0v) is 9.55. The first-order valence-electron chi connectivity index (χ1n) is 5.09. The van der Waals surface area contributed by atoms with Crippen molar-refractivity contribution in [3.05, 3.63) is 29.8 Å². The molecule has 0 saturated heterocycles. The Hall–Kier alpha value is -2.08. The van der Waals surface area contributed by atoms with E-state index in [-0.39, 0.29) is 0 Å². The maximum Gasteiger partial charge on any atom is 0.320 e. The normalized spacial score (nSPS) is 13.2. The fraction of sp³-hybridized carbons (Fsp3) is 0.273. The van der Waals surface area contributed by atoms with Gasteiger partial charge in [-0.15, -0.1) is 0 Å². The molecule has 1 atom stereocenters. The van der Waals surface area contributed by atoms with Gasteiger partial charge in [-0.25, -0.2) is 0 Å². The number of carbonyl (C=O) groups is 1. The first-order chi connectivity index (χ1) is 8.02. The molecule has 1 rings (SSSR count). The van der Waals surface area contributed by atoms with Gasteiger partial charge in [0.05, 0.1) is 0 Å². The molecule has 0 aromatic heterocycles. The number of nitrogens with two attached hydrogens (primary N) is 2. The monoisotopic (exact) mass is 236 g/mol. The minimum atomic E-state index is -1.01. The van der Waals surface area contributed by atoms with Crippen molar-refractivity contribution in [2.75, 3.05) is 12.4 Å². The Bertz CT molecular complexity index is 414. The number of nitrogens with one attached hydrogen (secondary N) is 1. The molecule has 0 aliphatic heterocycles. The number of guanidine groups is 1. The highest BCUT2D eigenvalue weighted by atomic mass is 16.4. The van der Waals surface area contributed by atoms with Crippen LogP contribution in [0.4, 0.5) is 5.69 Å². The first-order valence-corrected chi connectivity index (χ1v) is 5.09. The minimum absolute atomic E-state index is 0.299. The zero-order valence-electron chi connectivity index (χ0n) is 9.55. The molecule has 6 nitrogen and oxygen atoms in total. The van der Waals surface area contributed by atoms with Crippen LogP contribution in [-0.4, -0.2) is 30.1 Å². The number of aliphatic carboxylic acids is 1. The van der Waals surface area contributed by atoms with Gasteiger partial charge in [-0.2, -0.15) is 0 Å². The van der Waals surface area contributed by atoms with E-state index in [2.05, 4.69) is 10.3 Å². The summed E-state index contributed by atoms with van der Waals surface area (Å²) in [4.78, 5) is 14.3. The SMILES string of the molecule is C/N=C(\N)Nc1ccc(CC(N)C(=O)O)cc1. The van der Waals surface area contributed by atoms with Crippen molar-refractivity contribution >= 4 is 17.6 Å². The van der Waals surface area contributed by atoms with Gasteiger partial charge in [0.2, 0.25) is 0 Å². The van der Waals surface area contributed by atoms with Gasteiger partial charge in [-0.3, -0.25) is 9.79 Å². The van der Waals surface area contributed by atoms with Crippen LogP contribution in [0.5, 0.6) is 0 Å². The third kappa shape index (κ3) is 4.12. The third-order valence-electron chi connectivity index (χ3n) is 2.24. The van der Waals surface area contributed by atoms with Gasteiger partial charge in [-0.05, 0) is 24.1 Å². The van der Waals surface area contributed by atoms with E-state index < -0.39 is 12.0 Å². The van der Waals surface area contributed by atoms with Crippen LogP contribution in [0.3, 0.4) is 0 Å². The van der Waals surface area contributed by atoms with E-state index in [0.29, 0.717) is 12.4 Å². The molecule has 1 aromatic rings. The molecule has 1 aromatic carbocycles. The Morgan fingerprint density at radius 1 is 1.47 bits per heavy atom. The van der Waals surface area contributed by atoms with Crippen LogP contribution in [0.2, 0.25) is 0 Å². The van der Waals surface area contributed by atoms with Gasteiger partial charge in [0.1, 0.15) is 6.04 Å². The summed E-state index contributed by atoms with van der Waals surface area (Å²) in [6.45, 7) is 0. The molecule has 17 heavy (non-hydrogen) atoms. The molecular weight excluding hydrogens is 220 g/mol. The Morgan fingerprint density at radius 2 is 2.06 bits per heavy atom. The Kier molecular flexibility index (Phi) is 4.47. The summed E-state index contributed by atoms with van der Waals surface area (Å²) < 4.78 is 0. The molecule has 0 fully saturated rings. The topological polar surface area (TPSA) is 114 Å². The average molecular weight is 236 g/mol. The number of carboxylic acids is 1. The molecule has 6 heteroatoms. The van der Waals surface area contributed by atoms with Crippen LogP contribution in [0.15, 0.2) is 29.3 Å². The second-order valence-electron chi connectivity index (χ2n) is 3.58. The summed E-state index contributed by atoms with van der Waals surface area (Å²) in [6.07, 6.45) is 0.299. The van der Waals surface area contributed by atoms with Crippen molar-refractivity contribution in [2.24, 2.45) is 16.5 Å². The average Bonchev–Trinajstić information content (AvgIpc) is 2.31. The molecule has 0 saturated carbocycles. The molecule has 0 aliphatic rings. The molecule has 0 aliphatic carbocycles. The molecule has 92 valence electrons. The smallest absolute Gasteiger partial charge is 0.320 e. The van der Waals surface area contributed by atoms with E-state index in [1.165, 1.54) is 0 Å². The Balaban J connectivity index is 2.65. The largest absolute Gasteiger partial charge is 0.480 e. The quantitative estimate of drug-likeness (QED) is 0.434. The number of aliphatic imine (C=N–C) groups is 1. The van der Waals surface area contributed by atoms with Crippen LogP contribution in [0.1, 0.15) is 5.56 Å². The van der Waals surface area contributed by atoms with Gasteiger partial charge in [-0.1, -0.05) is 12.1 Å². The molecule has 0 radical (unpaired) electrons. The molecule has 0 spiro atoms. The summed E-state index contributed by atoms with van der Waals surface area (Å²) in [6, 6.07) is 6.31. The number of hydrogen-bond acceptors (Lipinski definition) is 3.